The first-order valence-corrected chi connectivity index (χ1v) is 23.2. The summed E-state index contributed by atoms with van der Waals surface area (Å²) < 4.78 is 15.7. The number of hydrogen-bond acceptors (Lipinski definition) is 5. The zero-order valence-corrected chi connectivity index (χ0v) is 37.0. The maximum absolute atomic E-state index is 6.82. The van der Waals surface area contributed by atoms with Gasteiger partial charge >= 0.3 is 0 Å². The van der Waals surface area contributed by atoms with Crippen molar-refractivity contribution in [3.63, 3.8) is 0 Å². The largest absolute Gasteiger partial charge is 0.456 e. The fraction of sp³-hybridized carbons (Fsp3) is 0. The van der Waals surface area contributed by atoms with Crippen LogP contribution in [0, 0.1) is 0 Å². The third-order valence-corrected chi connectivity index (χ3v) is 13.5. The quantitative estimate of drug-likeness (QED) is 0.159. The molecule has 0 unspecified atom stereocenters. The molecule has 0 atom stereocenters. The molecule has 6 nitrogen and oxygen atoms in total. The maximum atomic E-state index is 6.82. The van der Waals surface area contributed by atoms with E-state index in [1.54, 1.807) is 0 Å². The van der Waals surface area contributed by atoms with Crippen LogP contribution in [0.5, 0.6) is 0 Å². The molecule has 0 radical (unpaired) electrons. The molecule has 0 bridgehead atoms. The van der Waals surface area contributed by atoms with Crippen LogP contribution in [0.15, 0.2) is 239 Å². The molecule has 322 valence electrons. The fourth-order valence-electron chi connectivity index (χ4n) is 10.2. The molecular weight excluding hydrogens is 845 g/mol. The first-order chi connectivity index (χ1) is 34.2. The molecule has 0 aliphatic heterocycles. The van der Waals surface area contributed by atoms with Crippen LogP contribution in [0.2, 0.25) is 0 Å². The molecular formula is C63H38N4O2. The highest BCUT2D eigenvalue weighted by Crippen LogP contribution is 2.42. The summed E-state index contributed by atoms with van der Waals surface area (Å²) in [6, 6.07) is 80.4. The van der Waals surface area contributed by atoms with Gasteiger partial charge in [-0.25, -0.2) is 15.0 Å². The lowest BCUT2D eigenvalue weighted by molar-refractivity contribution is 0.666. The van der Waals surface area contributed by atoms with Crippen molar-refractivity contribution in [3.05, 3.63) is 231 Å². The van der Waals surface area contributed by atoms with Gasteiger partial charge in [-0.3, -0.25) is 0 Å². The van der Waals surface area contributed by atoms with Crippen LogP contribution in [-0.4, -0.2) is 19.5 Å². The van der Waals surface area contributed by atoms with Gasteiger partial charge in [-0.15, -0.1) is 0 Å². The Hall–Kier alpha value is -9.39. The third kappa shape index (κ3) is 6.45. The van der Waals surface area contributed by atoms with Gasteiger partial charge < -0.3 is 13.4 Å². The highest BCUT2D eigenvalue weighted by Gasteiger charge is 2.21. The van der Waals surface area contributed by atoms with E-state index in [1.165, 1.54) is 21.9 Å². The molecule has 10 aromatic carbocycles. The lowest BCUT2D eigenvalue weighted by Gasteiger charge is -2.10. The van der Waals surface area contributed by atoms with Crippen LogP contribution >= 0.6 is 0 Å². The maximum Gasteiger partial charge on any atom is 0.164 e. The summed E-state index contributed by atoms with van der Waals surface area (Å²) in [6.45, 7) is 0. The summed E-state index contributed by atoms with van der Waals surface area (Å²) in [7, 11) is 0. The predicted octanol–water partition coefficient (Wildman–Crippen LogP) is 16.8. The molecule has 14 aromatic rings. The number of fused-ring (bicyclic) bond motifs is 9. The number of nitrogens with zero attached hydrogens (tertiary/aromatic N) is 4. The average molecular weight is 883 g/mol. The molecule has 69 heavy (non-hydrogen) atoms. The number of rotatable bonds is 7. The third-order valence-electron chi connectivity index (χ3n) is 13.5. The molecule has 0 N–H and O–H groups in total. The van der Waals surface area contributed by atoms with Crippen molar-refractivity contribution in [2.24, 2.45) is 0 Å². The Morgan fingerprint density at radius 3 is 1.52 bits per heavy atom. The Morgan fingerprint density at radius 1 is 0.290 bits per heavy atom. The van der Waals surface area contributed by atoms with Gasteiger partial charge in [0.15, 0.2) is 23.1 Å². The standard InChI is InChI=1S/C63H38N4O2/c1-4-14-39(15-5-1)41-26-28-43(29-27-41)62-64-61(42-18-8-3-9-19-42)65-63(66-62)49-22-13-25-58-59(49)52-38-46(32-35-57(52)68-58)45-31-34-56-51(37-45)48-21-12-24-55(60(48)69-56)67-53-23-11-10-20-47(53)50-36-44(30-33-54(50)67)40-16-6-2-7-17-40/h1-38H. The predicted molar refractivity (Wildman–Crippen MR) is 281 cm³/mol. The molecule has 0 saturated carbocycles. The van der Waals surface area contributed by atoms with Crippen molar-refractivity contribution in [2.75, 3.05) is 0 Å². The van der Waals surface area contributed by atoms with Gasteiger partial charge in [-0.1, -0.05) is 176 Å². The lowest BCUT2D eigenvalue weighted by atomic mass is 9.99. The number of benzene rings is 10. The first kappa shape index (κ1) is 38.8. The van der Waals surface area contributed by atoms with Crippen molar-refractivity contribution in [1.82, 2.24) is 19.5 Å². The molecule has 0 saturated heterocycles. The monoisotopic (exact) mass is 882 g/mol. The SMILES string of the molecule is c1ccc(-c2ccc(-c3nc(-c4ccccc4)nc(-c4cccc5oc6ccc(-c7ccc8oc9c(-n%10c%11ccccc%11c%11cc(-c%12ccccc%12)ccc%11%10)cccc9c8c7)cc6c45)n3)cc2)cc1. The molecule has 0 aliphatic carbocycles. The number of aromatic nitrogens is 4. The lowest BCUT2D eigenvalue weighted by Crippen LogP contribution is -2.00. The van der Waals surface area contributed by atoms with E-state index in [-0.39, 0.29) is 0 Å². The van der Waals surface area contributed by atoms with Crippen molar-refractivity contribution < 1.29 is 8.83 Å². The molecule has 0 amide bonds. The van der Waals surface area contributed by atoms with Gasteiger partial charge in [0, 0.05) is 49.0 Å². The fourth-order valence-corrected chi connectivity index (χ4v) is 10.2. The molecule has 0 aliphatic rings. The molecule has 0 fully saturated rings. The summed E-state index contributed by atoms with van der Waals surface area (Å²) in [5.74, 6) is 1.78. The highest BCUT2D eigenvalue weighted by atomic mass is 16.3. The second-order valence-corrected chi connectivity index (χ2v) is 17.5. The molecule has 0 spiro atoms. The van der Waals surface area contributed by atoms with Crippen molar-refractivity contribution in [1.29, 1.82) is 0 Å². The van der Waals surface area contributed by atoms with Crippen molar-refractivity contribution >= 4 is 65.7 Å². The highest BCUT2D eigenvalue weighted by molar-refractivity contribution is 6.15. The Balaban J connectivity index is 0.886. The topological polar surface area (TPSA) is 69.9 Å². The van der Waals surface area contributed by atoms with Gasteiger partial charge in [0.25, 0.3) is 0 Å². The first-order valence-electron chi connectivity index (χ1n) is 23.2. The van der Waals surface area contributed by atoms with E-state index in [1.807, 2.05) is 48.5 Å². The second kappa shape index (κ2) is 15.6. The van der Waals surface area contributed by atoms with Crippen LogP contribution in [-0.2, 0) is 0 Å². The van der Waals surface area contributed by atoms with E-state index in [2.05, 4.69) is 187 Å². The normalized spacial score (nSPS) is 11.8. The summed E-state index contributed by atoms with van der Waals surface area (Å²) in [5.41, 5.74) is 16.0. The number of hydrogen-bond donors (Lipinski definition) is 0. The Kier molecular flexibility index (Phi) is 8.79. The zero-order valence-electron chi connectivity index (χ0n) is 37.0. The minimum absolute atomic E-state index is 0.576. The van der Waals surface area contributed by atoms with Gasteiger partial charge in [0.1, 0.15) is 16.7 Å². The molecule has 4 heterocycles. The zero-order chi connectivity index (χ0) is 45.4. The van der Waals surface area contributed by atoms with E-state index in [0.29, 0.717) is 17.5 Å². The number of para-hydroxylation sites is 2. The van der Waals surface area contributed by atoms with Crippen molar-refractivity contribution in [3.8, 4) is 73.2 Å². The van der Waals surface area contributed by atoms with E-state index < -0.39 is 0 Å². The second-order valence-electron chi connectivity index (χ2n) is 17.5. The molecule has 6 heteroatoms. The van der Waals surface area contributed by atoms with Gasteiger partial charge in [-0.2, -0.15) is 0 Å². The minimum Gasteiger partial charge on any atom is -0.456 e. The van der Waals surface area contributed by atoms with Gasteiger partial charge in [0.05, 0.1) is 16.7 Å². The van der Waals surface area contributed by atoms with E-state index in [9.17, 15) is 0 Å². The smallest absolute Gasteiger partial charge is 0.164 e. The summed E-state index contributed by atoms with van der Waals surface area (Å²) in [4.78, 5) is 15.3. The van der Waals surface area contributed by atoms with Crippen LogP contribution in [0.1, 0.15) is 0 Å². The summed E-state index contributed by atoms with van der Waals surface area (Å²) in [6.07, 6.45) is 0. The number of furan rings is 2. The van der Waals surface area contributed by atoms with Crippen molar-refractivity contribution in [2.45, 2.75) is 0 Å². The Labute approximate surface area is 396 Å². The van der Waals surface area contributed by atoms with Gasteiger partial charge in [-0.05, 0) is 88.0 Å². The van der Waals surface area contributed by atoms with Gasteiger partial charge in [0.2, 0.25) is 0 Å². The van der Waals surface area contributed by atoms with Crippen LogP contribution in [0.25, 0.3) is 139 Å². The Morgan fingerprint density at radius 2 is 0.783 bits per heavy atom. The molecule has 14 rings (SSSR count). The van der Waals surface area contributed by atoms with E-state index >= 15 is 0 Å². The summed E-state index contributed by atoms with van der Waals surface area (Å²) >= 11 is 0. The summed E-state index contributed by atoms with van der Waals surface area (Å²) in [5, 5.41) is 6.45. The van der Waals surface area contributed by atoms with E-state index in [0.717, 1.165) is 99.5 Å². The Bertz CT molecular complexity index is 4290. The molecule has 4 aromatic heterocycles. The average Bonchev–Trinajstić information content (AvgIpc) is 4.10. The minimum atomic E-state index is 0.576. The van der Waals surface area contributed by atoms with Crippen LogP contribution < -0.4 is 0 Å². The van der Waals surface area contributed by atoms with Crippen LogP contribution in [0.3, 0.4) is 0 Å². The van der Waals surface area contributed by atoms with E-state index in [4.69, 9.17) is 23.8 Å². The van der Waals surface area contributed by atoms with Crippen LogP contribution in [0.4, 0.5) is 0 Å².